The molecule has 8 heteroatoms. The number of halogens is 2. The molecule has 2 aliphatic rings. The topological polar surface area (TPSA) is 74.8 Å². The molecule has 1 fully saturated rings. The molecule has 3 amide bonds. The third-order valence-corrected chi connectivity index (χ3v) is 6.33. The molecule has 0 bridgehead atoms. The van der Waals surface area contributed by atoms with Crippen LogP contribution in [0.5, 0.6) is 0 Å². The van der Waals surface area contributed by atoms with Crippen LogP contribution < -0.4 is 0 Å². The summed E-state index contributed by atoms with van der Waals surface area (Å²) in [6.07, 6.45) is 2.84. The summed E-state index contributed by atoms with van der Waals surface area (Å²) in [5.41, 5.74) is 1.56. The quantitative estimate of drug-likeness (QED) is 0.364. The van der Waals surface area contributed by atoms with Gasteiger partial charge in [-0.2, -0.15) is 5.01 Å². The lowest BCUT2D eigenvalue weighted by Gasteiger charge is -2.30. The third-order valence-electron chi connectivity index (χ3n) is 5.83. The van der Waals surface area contributed by atoms with E-state index in [2.05, 4.69) is 0 Å². The zero-order valence-electron chi connectivity index (χ0n) is 17.3. The van der Waals surface area contributed by atoms with Gasteiger partial charge in [0.1, 0.15) is 6.54 Å². The molecule has 1 aliphatic heterocycles. The van der Waals surface area contributed by atoms with E-state index in [9.17, 15) is 19.2 Å². The van der Waals surface area contributed by atoms with E-state index >= 15 is 0 Å². The van der Waals surface area contributed by atoms with Gasteiger partial charge in [0.05, 0.1) is 11.8 Å². The van der Waals surface area contributed by atoms with Crippen molar-refractivity contribution in [3.8, 4) is 0 Å². The smallest absolute Gasteiger partial charge is 0.273 e. The van der Waals surface area contributed by atoms with E-state index < -0.39 is 41.9 Å². The van der Waals surface area contributed by atoms with Crippen LogP contribution in [0.2, 0.25) is 10.0 Å². The van der Waals surface area contributed by atoms with Crippen LogP contribution in [0.15, 0.2) is 60.2 Å². The molecule has 1 heterocycles. The summed E-state index contributed by atoms with van der Waals surface area (Å²) >= 11 is 11.8. The van der Waals surface area contributed by atoms with Crippen molar-refractivity contribution in [3.63, 3.8) is 0 Å². The lowest BCUT2D eigenvalue weighted by molar-refractivity contribution is -0.154. The first-order valence-electron chi connectivity index (χ1n) is 10.2. The average molecular weight is 471 g/mol. The van der Waals surface area contributed by atoms with E-state index in [1.54, 1.807) is 12.1 Å². The first kappa shape index (κ1) is 22.2. The van der Waals surface area contributed by atoms with Crippen molar-refractivity contribution in [2.24, 2.45) is 11.8 Å². The van der Waals surface area contributed by atoms with Crippen molar-refractivity contribution in [2.45, 2.75) is 19.8 Å². The second-order valence-electron chi connectivity index (χ2n) is 7.99. The third kappa shape index (κ3) is 4.20. The van der Waals surface area contributed by atoms with Crippen LogP contribution in [0.1, 0.15) is 40.5 Å². The highest BCUT2D eigenvalue weighted by Crippen LogP contribution is 2.38. The zero-order chi connectivity index (χ0) is 23.0. The molecule has 0 N–H and O–H groups in total. The molecule has 2 aromatic carbocycles. The molecule has 0 radical (unpaired) electrons. The van der Waals surface area contributed by atoms with Crippen LogP contribution in [0.3, 0.4) is 0 Å². The van der Waals surface area contributed by atoms with E-state index in [0.29, 0.717) is 28.5 Å². The van der Waals surface area contributed by atoms with Crippen molar-refractivity contribution < 1.29 is 19.2 Å². The Kier molecular flexibility index (Phi) is 6.17. The van der Waals surface area contributed by atoms with Crippen molar-refractivity contribution in [3.05, 3.63) is 81.4 Å². The molecule has 32 heavy (non-hydrogen) atoms. The highest BCUT2D eigenvalue weighted by Gasteiger charge is 2.51. The number of imide groups is 1. The predicted molar refractivity (Wildman–Crippen MR) is 120 cm³/mol. The maximum atomic E-state index is 13.4. The molecule has 2 atom stereocenters. The molecular weight excluding hydrogens is 451 g/mol. The standard InChI is InChI=1S/C24H20Cl2N2O4/c1-14-2-11-19-20(12-14)24(32)28(23(19)31)27(22(30)16-5-9-18(26)10-6-16)13-21(29)15-3-7-17(25)8-4-15/h2-10,19-20H,11-13H2,1H3/t19-,20+/m0/s1. The molecule has 1 saturated heterocycles. The Bertz CT molecular complexity index is 1130. The van der Waals surface area contributed by atoms with Crippen LogP contribution in [-0.4, -0.2) is 40.1 Å². The summed E-state index contributed by atoms with van der Waals surface area (Å²) in [5, 5.41) is 2.73. The van der Waals surface area contributed by atoms with E-state index in [0.717, 1.165) is 15.6 Å². The van der Waals surface area contributed by atoms with Gasteiger partial charge in [-0.05, 0) is 68.3 Å². The van der Waals surface area contributed by atoms with Gasteiger partial charge in [0, 0.05) is 21.2 Å². The second kappa shape index (κ2) is 8.88. The fraction of sp³-hybridized carbons (Fsp3) is 0.250. The van der Waals surface area contributed by atoms with Gasteiger partial charge in [-0.3, -0.25) is 19.2 Å². The maximum absolute atomic E-state index is 13.4. The largest absolute Gasteiger partial charge is 0.292 e. The van der Waals surface area contributed by atoms with Gasteiger partial charge in [-0.1, -0.05) is 34.9 Å². The Balaban J connectivity index is 1.68. The lowest BCUT2D eigenvalue weighted by atomic mass is 9.82. The minimum atomic E-state index is -0.631. The van der Waals surface area contributed by atoms with E-state index in [1.807, 2.05) is 13.0 Å². The van der Waals surface area contributed by atoms with Gasteiger partial charge in [-0.25, -0.2) is 5.01 Å². The first-order chi connectivity index (χ1) is 15.3. The highest BCUT2D eigenvalue weighted by atomic mass is 35.5. The SMILES string of the molecule is CC1=CC[C@@H]2C(=O)N(N(CC(=O)c3ccc(Cl)cc3)C(=O)c3ccc(Cl)cc3)C(=O)[C@@H]2C1. The number of carbonyl (C=O) groups excluding carboxylic acids is 4. The summed E-state index contributed by atoms with van der Waals surface area (Å²) < 4.78 is 0. The Labute approximate surface area is 195 Å². The zero-order valence-corrected chi connectivity index (χ0v) is 18.8. The number of ketones is 1. The predicted octanol–water partition coefficient (Wildman–Crippen LogP) is 4.57. The van der Waals surface area contributed by atoms with Crippen LogP contribution in [0.25, 0.3) is 0 Å². The number of rotatable bonds is 5. The van der Waals surface area contributed by atoms with Gasteiger partial charge in [0.2, 0.25) is 0 Å². The Morgan fingerprint density at radius 1 is 0.906 bits per heavy atom. The number of Topliss-reactive ketones (excluding diaryl/α,β-unsaturated/α-hetero) is 1. The maximum Gasteiger partial charge on any atom is 0.273 e. The number of hydrogen-bond acceptors (Lipinski definition) is 4. The van der Waals surface area contributed by atoms with Crippen molar-refractivity contribution in [2.75, 3.05) is 6.54 Å². The van der Waals surface area contributed by atoms with E-state index in [1.165, 1.54) is 36.4 Å². The summed E-state index contributed by atoms with van der Waals surface area (Å²) in [7, 11) is 0. The summed E-state index contributed by atoms with van der Waals surface area (Å²) in [6.45, 7) is 1.45. The number of benzene rings is 2. The van der Waals surface area contributed by atoms with Gasteiger partial charge in [0.25, 0.3) is 17.7 Å². The van der Waals surface area contributed by atoms with Crippen LogP contribution in [0, 0.1) is 11.8 Å². The number of fused-ring (bicyclic) bond motifs is 1. The minimum Gasteiger partial charge on any atom is -0.292 e. The van der Waals surface area contributed by atoms with Crippen LogP contribution >= 0.6 is 23.2 Å². The van der Waals surface area contributed by atoms with Gasteiger partial charge in [0.15, 0.2) is 5.78 Å². The molecule has 1 aliphatic carbocycles. The fourth-order valence-electron chi connectivity index (χ4n) is 4.10. The molecule has 0 spiro atoms. The second-order valence-corrected chi connectivity index (χ2v) is 8.86. The van der Waals surface area contributed by atoms with Crippen molar-refractivity contribution >= 4 is 46.7 Å². The highest BCUT2D eigenvalue weighted by molar-refractivity contribution is 6.31. The average Bonchev–Trinajstić information content (AvgIpc) is 3.02. The van der Waals surface area contributed by atoms with Gasteiger partial charge in [-0.15, -0.1) is 0 Å². The number of hydrazine groups is 1. The van der Waals surface area contributed by atoms with E-state index in [4.69, 9.17) is 23.2 Å². The Morgan fingerprint density at radius 3 is 2.03 bits per heavy atom. The monoisotopic (exact) mass is 470 g/mol. The fourth-order valence-corrected chi connectivity index (χ4v) is 4.35. The molecule has 0 unspecified atom stereocenters. The van der Waals surface area contributed by atoms with Crippen molar-refractivity contribution in [1.29, 1.82) is 0 Å². The molecule has 164 valence electrons. The summed E-state index contributed by atoms with van der Waals surface area (Å²) in [4.78, 5) is 52.8. The van der Waals surface area contributed by atoms with Crippen molar-refractivity contribution in [1.82, 2.24) is 10.0 Å². The molecule has 6 nitrogen and oxygen atoms in total. The molecule has 0 aromatic heterocycles. The number of amides is 3. The molecule has 2 aromatic rings. The number of nitrogens with zero attached hydrogens (tertiary/aromatic N) is 2. The Morgan fingerprint density at radius 2 is 1.44 bits per heavy atom. The van der Waals surface area contributed by atoms with Crippen LogP contribution in [-0.2, 0) is 9.59 Å². The lowest BCUT2D eigenvalue weighted by Crippen LogP contribution is -2.52. The number of allylic oxidation sites excluding steroid dienone is 2. The molecule has 0 saturated carbocycles. The number of carbonyl (C=O) groups is 4. The molecular formula is C24H20Cl2N2O4. The molecule has 4 rings (SSSR count). The normalized spacial score (nSPS) is 20.1. The summed E-state index contributed by atoms with van der Waals surface area (Å²) in [5.74, 6) is -3.03. The Hall–Kier alpha value is -2.96. The van der Waals surface area contributed by atoms with Gasteiger partial charge < -0.3 is 0 Å². The summed E-state index contributed by atoms with van der Waals surface area (Å²) in [6, 6.07) is 12.3. The minimum absolute atomic E-state index is 0.211. The number of hydrogen-bond donors (Lipinski definition) is 0. The van der Waals surface area contributed by atoms with Gasteiger partial charge >= 0.3 is 0 Å². The van der Waals surface area contributed by atoms with E-state index in [-0.39, 0.29) is 5.56 Å². The van der Waals surface area contributed by atoms with Crippen LogP contribution in [0.4, 0.5) is 0 Å². The first-order valence-corrected chi connectivity index (χ1v) is 10.9.